The number of Topliss-reactive ketones (excluding diaryl/α,β-unsaturated/α-hetero) is 1. The van der Waals surface area contributed by atoms with Gasteiger partial charge in [-0.3, -0.25) is 4.79 Å². The molecule has 4 nitrogen and oxygen atoms in total. The largest absolute Gasteiger partial charge is 0.497 e. The van der Waals surface area contributed by atoms with Crippen LogP contribution in [0.15, 0.2) is 18.2 Å². The summed E-state index contributed by atoms with van der Waals surface area (Å²) in [4.78, 5) is 12.2. The highest BCUT2D eigenvalue weighted by Gasteiger charge is 2.19. The van der Waals surface area contributed by atoms with E-state index < -0.39 is 0 Å². The summed E-state index contributed by atoms with van der Waals surface area (Å²) < 4.78 is 10.5. The van der Waals surface area contributed by atoms with Gasteiger partial charge in [-0.1, -0.05) is 0 Å². The molecule has 98 valence electrons. The van der Waals surface area contributed by atoms with Crippen LogP contribution in [0.3, 0.4) is 0 Å². The lowest BCUT2D eigenvalue weighted by atomic mass is 9.99. The number of ether oxygens (including phenoxy) is 2. The van der Waals surface area contributed by atoms with E-state index in [4.69, 9.17) is 9.47 Å². The predicted molar refractivity (Wildman–Crippen MR) is 69.3 cm³/mol. The molecule has 0 radical (unpaired) electrons. The van der Waals surface area contributed by atoms with Crippen molar-refractivity contribution >= 4 is 5.78 Å². The van der Waals surface area contributed by atoms with Crippen LogP contribution in [0.2, 0.25) is 0 Å². The zero-order chi connectivity index (χ0) is 13.0. The van der Waals surface area contributed by atoms with E-state index in [-0.39, 0.29) is 11.8 Å². The molecule has 4 heteroatoms. The molecule has 1 N–H and O–H groups in total. The van der Waals surface area contributed by atoms with Gasteiger partial charge in [0.25, 0.3) is 0 Å². The molecule has 2 rings (SSSR count). The smallest absolute Gasteiger partial charge is 0.164 e. The molecule has 0 aromatic heterocycles. The maximum Gasteiger partial charge on any atom is 0.164 e. The van der Waals surface area contributed by atoms with Gasteiger partial charge in [0.15, 0.2) is 5.78 Å². The molecular weight excluding hydrogens is 230 g/mol. The summed E-state index contributed by atoms with van der Waals surface area (Å²) in [5.41, 5.74) is 1.72. The lowest BCUT2D eigenvalue weighted by Gasteiger charge is -2.23. The average molecular weight is 249 g/mol. The predicted octanol–water partition coefficient (Wildman–Crippen LogP) is 1.56. The molecule has 0 amide bonds. The first-order valence-electron chi connectivity index (χ1n) is 6.19. The minimum atomic E-state index is 0.132. The van der Waals surface area contributed by atoms with Crippen molar-refractivity contribution in [3.05, 3.63) is 29.3 Å². The van der Waals surface area contributed by atoms with Crippen molar-refractivity contribution in [1.29, 1.82) is 0 Å². The van der Waals surface area contributed by atoms with Crippen LogP contribution in [0.1, 0.15) is 22.3 Å². The highest BCUT2D eigenvalue weighted by Crippen LogP contribution is 2.19. The highest BCUT2D eigenvalue weighted by molar-refractivity contribution is 5.97. The molecule has 0 bridgehead atoms. The molecule has 18 heavy (non-hydrogen) atoms. The molecule has 1 unspecified atom stereocenters. The third kappa shape index (κ3) is 3.09. The summed E-state index contributed by atoms with van der Waals surface area (Å²) in [5, 5.41) is 3.29. The number of morpholine rings is 1. The van der Waals surface area contributed by atoms with Crippen molar-refractivity contribution in [2.45, 2.75) is 19.4 Å². The first-order chi connectivity index (χ1) is 8.70. The first-order valence-corrected chi connectivity index (χ1v) is 6.19. The monoisotopic (exact) mass is 249 g/mol. The van der Waals surface area contributed by atoms with Gasteiger partial charge >= 0.3 is 0 Å². The van der Waals surface area contributed by atoms with Gasteiger partial charge in [0, 0.05) is 24.6 Å². The molecule has 1 aromatic carbocycles. The highest BCUT2D eigenvalue weighted by atomic mass is 16.5. The van der Waals surface area contributed by atoms with Gasteiger partial charge in [-0.25, -0.2) is 0 Å². The average Bonchev–Trinajstić information content (AvgIpc) is 2.39. The number of hydrogen-bond donors (Lipinski definition) is 1. The number of hydrogen-bond acceptors (Lipinski definition) is 4. The van der Waals surface area contributed by atoms with Crippen molar-refractivity contribution in [3.63, 3.8) is 0 Å². The van der Waals surface area contributed by atoms with E-state index in [0.717, 1.165) is 30.0 Å². The van der Waals surface area contributed by atoms with Crippen molar-refractivity contribution in [1.82, 2.24) is 5.32 Å². The van der Waals surface area contributed by atoms with Gasteiger partial charge in [0.2, 0.25) is 0 Å². The topological polar surface area (TPSA) is 47.6 Å². The Morgan fingerprint density at radius 2 is 2.39 bits per heavy atom. The van der Waals surface area contributed by atoms with Crippen LogP contribution >= 0.6 is 0 Å². The molecule has 0 aliphatic carbocycles. The number of methoxy groups -OCH3 is 1. The lowest BCUT2D eigenvalue weighted by molar-refractivity contribution is 0.0676. The Kier molecular flexibility index (Phi) is 4.33. The quantitative estimate of drug-likeness (QED) is 0.823. The summed E-state index contributed by atoms with van der Waals surface area (Å²) in [7, 11) is 1.62. The van der Waals surface area contributed by atoms with E-state index in [1.807, 2.05) is 25.1 Å². The van der Waals surface area contributed by atoms with Crippen LogP contribution < -0.4 is 10.1 Å². The van der Waals surface area contributed by atoms with Crippen molar-refractivity contribution in [2.24, 2.45) is 0 Å². The number of carbonyl (C=O) groups is 1. The number of aryl methyl sites for hydroxylation is 1. The molecule has 1 aliphatic heterocycles. The van der Waals surface area contributed by atoms with Crippen LogP contribution in [-0.2, 0) is 4.74 Å². The van der Waals surface area contributed by atoms with Crippen LogP contribution in [-0.4, -0.2) is 38.7 Å². The molecule has 1 fully saturated rings. The van der Waals surface area contributed by atoms with Crippen molar-refractivity contribution < 1.29 is 14.3 Å². The Bertz CT molecular complexity index is 425. The Hall–Kier alpha value is -1.39. The molecule has 1 aliphatic rings. The van der Waals surface area contributed by atoms with E-state index in [1.165, 1.54) is 0 Å². The number of nitrogens with one attached hydrogen (secondary N) is 1. The van der Waals surface area contributed by atoms with Crippen molar-refractivity contribution in [3.8, 4) is 5.75 Å². The second-order valence-corrected chi connectivity index (χ2v) is 4.53. The lowest BCUT2D eigenvalue weighted by Crippen LogP contribution is -2.42. The Labute approximate surface area is 107 Å². The summed E-state index contributed by atoms with van der Waals surface area (Å²) in [6.45, 7) is 4.09. The van der Waals surface area contributed by atoms with Gasteiger partial charge in [0.05, 0.1) is 20.3 Å². The number of rotatable bonds is 4. The van der Waals surface area contributed by atoms with Gasteiger partial charge in [0.1, 0.15) is 5.75 Å². The molecule has 1 atom stereocenters. The first kappa shape index (κ1) is 13.1. The number of carbonyl (C=O) groups excluding carboxylic acids is 1. The molecule has 0 saturated carbocycles. The third-order valence-corrected chi connectivity index (χ3v) is 3.16. The van der Waals surface area contributed by atoms with Gasteiger partial charge in [-0.15, -0.1) is 0 Å². The zero-order valence-corrected chi connectivity index (χ0v) is 10.9. The van der Waals surface area contributed by atoms with Crippen LogP contribution in [0, 0.1) is 6.92 Å². The summed E-state index contributed by atoms with van der Waals surface area (Å²) in [6.07, 6.45) is 0.479. The maximum absolute atomic E-state index is 12.2. The molecule has 1 saturated heterocycles. The van der Waals surface area contributed by atoms with Gasteiger partial charge in [-0.05, 0) is 30.7 Å². The van der Waals surface area contributed by atoms with E-state index in [2.05, 4.69) is 5.32 Å². The number of ketones is 1. The Morgan fingerprint density at radius 1 is 1.56 bits per heavy atom. The SMILES string of the molecule is COc1ccc(C(=O)CC2COCCN2)c(C)c1. The normalized spacial score (nSPS) is 19.6. The van der Waals surface area contributed by atoms with E-state index in [1.54, 1.807) is 7.11 Å². The fraction of sp³-hybridized carbons (Fsp3) is 0.500. The second kappa shape index (κ2) is 5.98. The molecule has 1 aromatic rings. The van der Waals surface area contributed by atoms with E-state index in [0.29, 0.717) is 13.0 Å². The summed E-state index contributed by atoms with van der Waals surface area (Å²) in [6, 6.07) is 5.68. The molecule has 0 spiro atoms. The summed E-state index contributed by atoms with van der Waals surface area (Å²) >= 11 is 0. The Morgan fingerprint density at radius 3 is 3.00 bits per heavy atom. The minimum absolute atomic E-state index is 0.132. The van der Waals surface area contributed by atoms with Crippen LogP contribution in [0.5, 0.6) is 5.75 Å². The van der Waals surface area contributed by atoms with Gasteiger partial charge < -0.3 is 14.8 Å². The van der Waals surface area contributed by atoms with E-state index >= 15 is 0 Å². The zero-order valence-electron chi connectivity index (χ0n) is 10.9. The fourth-order valence-electron chi connectivity index (χ4n) is 2.16. The fourth-order valence-corrected chi connectivity index (χ4v) is 2.16. The number of benzene rings is 1. The minimum Gasteiger partial charge on any atom is -0.497 e. The summed E-state index contributed by atoms with van der Waals surface area (Å²) in [5.74, 6) is 0.932. The van der Waals surface area contributed by atoms with Crippen molar-refractivity contribution in [2.75, 3.05) is 26.9 Å². The molecule has 1 heterocycles. The van der Waals surface area contributed by atoms with Crippen LogP contribution in [0.4, 0.5) is 0 Å². The third-order valence-electron chi connectivity index (χ3n) is 3.16. The van der Waals surface area contributed by atoms with Gasteiger partial charge in [-0.2, -0.15) is 0 Å². The molecular formula is C14H19NO3. The second-order valence-electron chi connectivity index (χ2n) is 4.53. The maximum atomic E-state index is 12.2. The van der Waals surface area contributed by atoms with Crippen LogP contribution in [0.25, 0.3) is 0 Å². The Balaban J connectivity index is 2.03. The van der Waals surface area contributed by atoms with E-state index in [9.17, 15) is 4.79 Å². The standard InChI is InChI=1S/C14H19NO3/c1-10-7-12(17-2)3-4-13(10)14(16)8-11-9-18-6-5-15-11/h3-4,7,11,15H,5-6,8-9H2,1-2H3.